The number of carbonyl (C=O) groups is 1. The largest absolute Gasteiger partial charge is 0.507 e. The van der Waals surface area contributed by atoms with E-state index in [0.29, 0.717) is 22.8 Å². The van der Waals surface area contributed by atoms with Crippen molar-refractivity contribution in [2.45, 2.75) is 6.42 Å². The summed E-state index contributed by atoms with van der Waals surface area (Å²) in [6.45, 7) is 3.42. The number of nitrogens with zero attached hydrogens (tertiary/aromatic N) is 1. The van der Waals surface area contributed by atoms with Crippen molar-refractivity contribution in [1.29, 1.82) is 0 Å². The Morgan fingerprint density at radius 2 is 2.08 bits per heavy atom. The summed E-state index contributed by atoms with van der Waals surface area (Å²) in [4.78, 5) is 11.7. The lowest BCUT2D eigenvalue weighted by Crippen LogP contribution is -2.24. The summed E-state index contributed by atoms with van der Waals surface area (Å²) in [5, 5.41) is 14.3. The highest BCUT2D eigenvalue weighted by Gasteiger charge is 2.06. The number of carbonyl (C=O) groups excluding carboxylic acids is 1. The number of ether oxygens (including phenoxy) is 1. The highest BCUT2D eigenvalue weighted by atomic mass is 35.5. The van der Waals surface area contributed by atoms with Crippen LogP contribution in [0.4, 0.5) is 0 Å². The second-order valence-corrected chi connectivity index (χ2v) is 5.27. The first-order valence-electron chi connectivity index (χ1n) is 7.22. The molecule has 0 saturated heterocycles. The quantitative estimate of drug-likeness (QED) is 0.460. The van der Waals surface area contributed by atoms with E-state index < -0.39 is 5.91 Å². The predicted octanol–water partition coefficient (Wildman–Crippen LogP) is 3.30. The lowest BCUT2D eigenvalue weighted by molar-refractivity contribution is -0.123. The molecule has 2 rings (SSSR count). The molecule has 0 heterocycles. The fraction of sp³-hybridized carbons (Fsp3) is 0.111. The van der Waals surface area contributed by atoms with Crippen LogP contribution in [0.5, 0.6) is 11.5 Å². The van der Waals surface area contributed by atoms with E-state index in [1.165, 1.54) is 6.21 Å². The molecular weight excluding hydrogens is 328 g/mol. The number of amides is 1. The van der Waals surface area contributed by atoms with Crippen molar-refractivity contribution >= 4 is 23.7 Å². The molecule has 0 saturated carbocycles. The molecule has 6 heteroatoms. The summed E-state index contributed by atoms with van der Waals surface area (Å²) in [6.07, 6.45) is 3.62. The van der Waals surface area contributed by atoms with E-state index in [1.807, 2.05) is 0 Å². The van der Waals surface area contributed by atoms with Crippen molar-refractivity contribution in [1.82, 2.24) is 5.43 Å². The van der Waals surface area contributed by atoms with Crippen LogP contribution in [0.1, 0.15) is 11.1 Å². The number of aromatic hydroxyl groups is 1. The van der Waals surface area contributed by atoms with E-state index in [1.54, 1.807) is 48.5 Å². The van der Waals surface area contributed by atoms with Crippen molar-refractivity contribution in [2.75, 3.05) is 6.61 Å². The second kappa shape index (κ2) is 8.74. The molecule has 0 fully saturated rings. The van der Waals surface area contributed by atoms with Crippen molar-refractivity contribution < 1.29 is 14.6 Å². The number of allylic oxidation sites excluding steroid dienone is 1. The van der Waals surface area contributed by atoms with Gasteiger partial charge in [-0.25, -0.2) is 5.43 Å². The zero-order chi connectivity index (χ0) is 17.4. The number of nitrogens with one attached hydrogen (secondary N) is 1. The van der Waals surface area contributed by atoms with Gasteiger partial charge in [0.2, 0.25) is 0 Å². The van der Waals surface area contributed by atoms with Gasteiger partial charge in [0.25, 0.3) is 5.91 Å². The number of hydrazone groups is 1. The molecule has 0 radical (unpaired) electrons. The summed E-state index contributed by atoms with van der Waals surface area (Å²) < 4.78 is 5.30. The number of hydrogen-bond acceptors (Lipinski definition) is 4. The summed E-state index contributed by atoms with van der Waals surface area (Å²) in [5.74, 6) is 0.101. The SMILES string of the molecule is C=CCc1cccc(C=NNC(=O)COc2ccccc2Cl)c1O. The fourth-order valence-electron chi connectivity index (χ4n) is 1.95. The number of para-hydroxylation sites is 2. The van der Waals surface area contributed by atoms with Crippen LogP contribution in [-0.2, 0) is 11.2 Å². The second-order valence-electron chi connectivity index (χ2n) is 4.86. The first-order valence-corrected chi connectivity index (χ1v) is 7.60. The Kier molecular flexibility index (Phi) is 6.40. The van der Waals surface area contributed by atoms with E-state index in [4.69, 9.17) is 16.3 Å². The van der Waals surface area contributed by atoms with E-state index in [9.17, 15) is 9.90 Å². The van der Waals surface area contributed by atoms with Crippen LogP contribution in [-0.4, -0.2) is 23.8 Å². The molecule has 24 heavy (non-hydrogen) atoms. The van der Waals surface area contributed by atoms with Crippen LogP contribution >= 0.6 is 11.6 Å². The van der Waals surface area contributed by atoms with Crippen molar-refractivity contribution in [3.8, 4) is 11.5 Å². The minimum absolute atomic E-state index is 0.114. The third-order valence-corrected chi connectivity index (χ3v) is 3.42. The van der Waals surface area contributed by atoms with Crippen LogP contribution < -0.4 is 10.2 Å². The van der Waals surface area contributed by atoms with Gasteiger partial charge >= 0.3 is 0 Å². The van der Waals surface area contributed by atoms with Crippen LogP contribution in [0.25, 0.3) is 0 Å². The Bertz CT molecular complexity index is 760. The van der Waals surface area contributed by atoms with Gasteiger partial charge in [0.1, 0.15) is 11.5 Å². The average Bonchev–Trinajstić information content (AvgIpc) is 2.57. The Hall–Kier alpha value is -2.79. The molecule has 0 aliphatic heterocycles. The van der Waals surface area contributed by atoms with Gasteiger partial charge in [-0.3, -0.25) is 4.79 Å². The highest BCUT2D eigenvalue weighted by molar-refractivity contribution is 6.32. The maximum Gasteiger partial charge on any atom is 0.277 e. The van der Waals surface area contributed by atoms with E-state index in [-0.39, 0.29) is 12.4 Å². The summed E-state index contributed by atoms with van der Waals surface area (Å²) in [5.41, 5.74) is 3.57. The minimum atomic E-state index is -0.437. The van der Waals surface area contributed by atoms with Gasteiger partial charge in [-0.05, 0) is 30.2 Å². The fourth-order valence-corrected chi connectivity index (χ4v) is 2.14. The topological polar surface area (TPSA) is 70.9 Å². The first kappa shape index (κ1) is 17.6. The zero-order valence-corrected chi connectivity index (χ0v) is 13.7. The molecule has 124 valence electrons. The monoisotopic (exact) mass is 344 g/mol. The highest BCUT2D eigenvalue weighted by Crippen LogP contribution is 2.23. The molecule has 2 aromatic carbocycles. The van der Waals surface area contributed by atoms with Crippen LogP contribution in [0, 0.1) is 0 Å². The standard InChI is InChI=1S/C18H17ClN2O3/c1-2-6-13-7-5-8-14(18(13)23)11-20-21-17(22)12-24-16-10-4-3-9-15(16)19/h2-5,7-11,23H,1,6,12H2,(H,21,22). The first-order chi connectivity index (χ1) is 11.6. The Morgan fingerprint density at radius 1 is 1.29 bits per heavy atom. The number of hydrogen-bond donors (Lipinski definition) is 2. The van der Waals surface area contributed by atoms with Crippen LogP contribution in [0.3, 0.4) is 0 Å². The van der Waals surface area contributed by atoms with Crippen LogP contribution in [0.2, 0.25) is 5.02 Å². The van der Waals surface area contributed by atoms with Gasteiger partial charge in [0, 0.05) is 5.56 Å². The molecule has 0 atom stereocenters. The maximum absolute atomic E-state index is 11.7. The Labute approximate surface area is 145 Å². The lowest BCUT2D eigenvalue weighted by atomic mass is 10.1. The van der Waals surface area contributed by atoms with Gasteiger partial charge in [-0.1, -0.05) is 41.9 Å². The molecule has 0 aromatic heterocycles. The molecule has 0 aliphatic carbocycles. The van der Waals surface area contributed by atoms with Crippen LogP contribution in [0.15, 0.2) is 60.2 Å². The molecule has 2 aromatic rings. The molecular formula is C18H17ClN2O3. The maximum atomic E-state index is 11.7. The molecule has 1 amide bonds. The lowest BCUT2D eigenvalue weighted by Gasteiger charge is -2.06. The van der Waals surface area contributed by atoms with Crippen molar-refractivity contribution in [3.05, 3.63) is 71.3 Å². The number of phenols is 1. The predicted molar refractivity (Wildman–Crippen MR) is 94.7 cm³/mol. The summed E-state index contributed by atoms with van der Waals surface area (Å²) in [7, 11) is 0. The number of halogens is 1. The third-order valence-electron chi connectivity index (χ3n) is 3.10. The smallest absolute Gasteiger partial charge is 0.277 e. The van der Waals surface area contributed by atoms with Gasteiger partial charge in [-0.2, -0.15) is 5.10 Å². The third kappa shape index (κ3) is 4.86. The summed E-state index contributed by atoms with van der Waals surface area (Å²) in [6, 6.07) is 12.2. The van der Waals surface area contributed by atoms with Gasteiger partial charge in [-0.15, -0.1) is 6.58 Å². The van der Waals surface area contributed by atoms with Gasteiger partial charge in [0.15, 0.2) is 6.61 Å². The molecule has 0 bridgehead atoms. The van der Waals surface area contributed by atoms with E-state index >= 15 is 0 Å². The Morgan fingerprint density at radius 3 is 2.83 bits per heavy atom. The zero-order valence-electron chi connectivity index (χ0n) is 12.9. The number of phenolic OH excluding ortho intramolecular Hbond substituents is 1. The summed E-state index contributed by atoms with van der Waals surface area (Å²) >= 11 is 5.93. The van der Waals surface area contributed by atoms with Crippen molar-refractivity contribution in [3.63, 3.8) is 0 Å². The number of rotatable bonds is 7. The van der Waals surface area contributed by atoms with E-state index in [2.05, 4.69) is 17.1 Å². The average molecular weight is 345 g/mol. The normalized spacial score (nSPS) is 10.5. The van der Waals surface area contributed by atoms with Gasteiger partial charge < -0.3 is 9.84 Å². The minimum Gasteiger partial charge on any atom is -0.507 e. The molecule has 5 nitrogen and oxygen atoms in total. The Balaban J connectivity index is 1.90. The van der Waals surface area contributed by atoms with Gasteiger partial charge in [0.05, 0.1) is 11.2 Å². The van der Waals surface area contributed by atoms with E-state index in [0.717, 1.165) is 5.56 Å². The molecule has 0 spiro atoms. The molecule has 0 unspecified atom stereocenters. The van der Waals surface area contributed by atoms with Crippen molar-refractivity contribution in [2.24, 2.45) is 5.10 Å². The molecule has 0 aliphatic rings. The molecule has 2 N–H and O–H groups in total. The number of benzene rings is 2.